The van der Waals surface area contributed by atoms with Crippen molar-refractivity contribution in [3.05, 3.63) is 0 Å². The molecule has 0 unspecified atom stereocenters. The first-order chi connectivity index (χ1) is 9.91. The predicted octanol–water partition coefficient (Wildman–Crippen LogP) is 3.91. The van der Waals surface area contributed by atoms with E-state index in [1.165, 1.54) is 25.7 Å². The van der Waals surface area contributed by atoms with Crippen LogP contribution in [0.5, 0.6) is 0 Å². The van der Waals surface area contributed by atoms with Crippen molar-refractivity contribution in [1.82, 2.24) is 5.32 Å². The average molecular weight is 295 g/mol. The molecule has 0 aliphatic heterocycles. The second-order valence-electron chi connectivity index (χ2n) is 7.95. The zero-order valence-electron chi connectivity index (χ0n) is 14.3. The Labute approximate surface area is 130 Å². The molecule has 3 nitrogen and oxygen atoms in total. The Kier molecular flexibility index (Phi) is 5.70. The van der Waals surface area contributed by atoms with Crippen LogP contribution in [-0.4, -0.2) is 24.7 Å². The van der Waals surface area contributed by atoms with E-state index in [1.807, 2.05) is 6.92 Å². The van der Waals surface area contributed by atoms with Crippen molar-refractivity contribution in [2.24, 2.45) is 17.3 Å². The van der Waals surface area contributed by atoms with Crippen molar-refractivity contribution in [3.63, 3.8) is 0 Å². The van der Waals surface area contributed by atoms with Gasteiger partial charge in [0.1, 0.15) is 0 Å². The Balaban J connectivity index is 1.76. The van der Waals surface area contributed by atoms with Crippen LogP contribution in [0.4, 0.5) is 0 Å². The van der Waals surface area contributed by atoms with Crippen molar-refractivity contribution in [3.8, 4) is 0 Å². The lowest BCUT2D eigenvalue weighted by Crippen LogP contribution is -2.45. The van der Waals surface area contributed by atoms with E-state index in [0.29, 0.717) is 30.0 Å². The molecule has 0 aromatic rings. The lowest BCUT2D eigenvalue weighted by atomic mass is 9.74. The van der Waals surface area contributed by atoms with Crippen LogP contribution >= 0.6 is 0 Å². The Morgan fingerprint density at radius 3 is 2.38 bits per heavy atom. The summed E-state index contributed by atoms with van der Waals surface area (Å²) in [6.45, 7) is 9.37. The zero-order chi connectivity index (χ0) is 15.5. The van der Waals surface area contributed by atoms with E-state index in [4.69, 9.17) is 4.74 Å². The molecule has 21 heavy (non-hydrogen) atoms. The Morgan fingerprint density at radius 2 is 1.81 bits per heavy atom. The summed E-state index contributed by atoms with van der Waals surface area (Å²) >= 11 is 0. The Morgan fingerprint density at radius 1 is 1.14 bits per heavy atom. The highest BCUT2D eigenvalue weighted by Crippen LogP contribution is 2.36. The molecular weight excluding hydrogens is 262 g/mol. The summed E-state index contributed by atoms with van der Waals surface area (Å²) in [6, 6.07) is 1.28. The van der Waals surface area contributed by atoms with Crippen LogP contribution < -0.4 is 5.32 Å². The molecule has 0 aromatic heterocycles. The molecule has 0 spiro atoms. The van der Waals surface area contributed by atoms with E-state index in [1.54, 1.807) is 0 Å². The average Bonchev–Trinajstić information content (AvgIpc) is 2.41. The second-order valence-corrected chi connectivity index (χ2v) is 7.95. The minimum absolute atomic E-state index is 0.0165. The van der Waals surface area contributed by atoms with Crippen molar-refractivity contribution in [1.29, 1.82) is 0 Å². The Hall–Kier alpha value is -0.570. The number of rotatable bonds is 4. The van der Waals surface area contributed by atoms with Gasteiger partial charge in [-0.05, 0) is 63.2 Å². The van der Waals surface area contributed by atoms with E-state index in [-0.39, 0.29) is 11.9 Å². The van der Waals surface area contributed by atoms with Crippen molar-refractivity contribution in [2.75, 3.05) is 6.61 Å². The van der Waals surface area contributed by atoms with Gasteiger partial charge in [-0.25, -0.2) is 0 Å². The van der Waals surface area contributed by atoms with E-state index >= 15 is 0 Å². The largest absolute Gasteiger partial charge is 0.466 e. The van der Waals surface area contributed by atoms with Gasteiger partial charge in [-0.3, -0.25) is 4.79 Å². The van der Waals surface area contributed by atoms with Gasteiger partial charge in [0.25, 0.3) is 0 Å². The summed E-state index contributed by atoms with van der Waals surface area (Å²) in [5.74, 6) is 0.575. The van der Waals surface area contributed by atoms with Crippen molar-refractivity contribution >= 4 is 5.97 Å². The molecule has 3 atom stereocenters. The quantitative estimate of drug-likeness (QED) is 0.799. The van der Waals surface area contributed by atoms with Crippen molar-refractivity contribution in [2.45, 2.75) is 84.7 Å². The van der Waals surface area contributed by atoms with Gasteiger partial charge >= 0.3 is 5.97 Å². The number of carbonyl (C=O) groups excluding carboxylic acids is 1. The first-order valence-electron chi connectivity index (χ1n) is 8.84. The highest BCUT2D eigenvalue weighted by Gasteiger charge is 2.35. The fourth-order valence-electron chi connectivity index (χ4n) is 4.05. The van der Waals surface area contributed by atoms with E-state index in [9.17, 15) is 4.79 Å². The summed E-state index contributed by atoms with van der Waals surface area (Å²) in [5.41, 5.74) is 0.535. The summed E-state index contributed by atoms with van der Waals surface area (Å²) in [4.78, 5) is 11.9. The summed E-state index contributed by atoms with van der Waals surface area (Å²) < 4.78 is 5.20. The maximum absolute atomic E-state index is 11.9. The fourth-order valence-corrected chi connectivity index (χ4v) is 4.05. The van der Waals surface area contributed by atoms with Gasteiger partial charge < -0.3 is 10.1 Å². The van der Waals surface area contributed by atoms with Gasteiger partial charge in [-0.15, -0.1) is 0 Å². The van der Waals surface area contributed by atoms with E-state index in [0.717, 1.165) is 19.3 Å². The molecule has 122 valence electrons. The lowest BCUT2D eigenvalue weighted by Gasteiger charge is -2.39. The molecule has 3 heteroatoms. The molecule has 0 bridgehead atoms. The smallest absolute Gasteiger partial charge is 0.309 e. The number of carbonyl (C=O) groups is 1. The summed E-state index contributed by atoms with van der Waals surface area (Å²) in [5, 5.41) is 3.87. The van der Waals surface area contributed by atoms with Crippen LogP contribution in [0.2, 0.25) is 0 Å². The number of esters is 1. The van der Waals surface area contributed by atoms with E-state index in [2.05, 4.69) is 26.1 Å². The zero-order valence-corrected chi connectivity index (χ0v) is 14.3. The molecule has 0 radical (unpaired) electrons. The normalized spacial score (nSPS) is 33.6. The maximum Gasteiger partial charge on any atom is 0.309 e. The standard InChI is InChI=1S/C18H33NO2/c1-5-21-17(20)16-7-6-15(12-13(16)2)19-14-8-10-18(3,4)11-9-14/h13-16,19H,5-12H2,1-4H3/t13-,15+,16-/m1/s1. The first kappa shape index (κ1) is 16.8. The molecule has 0 saturated heterocycles. The lowest BCUT2D eigenvalue weighted by molar-refractivity contribution is -0.151. The third kappa shape index (κ3) is 4.70. The fraction of sp³-hybridized carbons (Fsp3) is 0.944. The topological polar surface area (TPSA) is 38.3 Å². The van der Waals surface area contributed by atoms with Crippen LogP contribution in [-0.2, 0) is 9.53 Å². The van der Waals surface area contributed by atoms with Gasteiger partial charge in [0, 0.05) is 12.1 Å². The third-order valence-electron chi connectivity index (χ3n) is 5.57. The summed E-state index contributed by atoms with van der Waals surface area (Å²) in [7, 11) is 0. The number of ether oxygens (including phenoxy) is 1. The minimum atomic E-state index is 0.0165. The van der Waals surface area contributed by atoms with Gasteiger partial charge in [0.2, 0.25) is 0 Å². The number of hydrogen-bond acceptors (Lipinski definition) is 3. The van der Waals surface area contributed by atoms with Crippen molar-refractivity contribution < 1.29 is 9.53 Å². The van der Waals surface area contributed by atoms with Gasteiger partial charge in [0.05, 0.1) is 12.5 Å². The SMILES string of the molecule is CCOC(=O)[C@@H]1CC[C@H](NC2CCC(C)(C)CC2)C[C@H]1C. The molecule has 2 aliphatic rings. The number of nitrogens with one attached hydrogen (secondary N) is 1. The molecular formula is C18H33NO2. The monoisotopic (exact) mass is 295 g/mol. The van der Waals surface area contributed by atoms with Crippen LogP contribution in [0.25, 0.3) is 0 Å². The van der Waals surface area contributed by atoms with Crippen LogP contribution in [0.1, 0.15) is 72.6 Å². The molecule has 0 amide bonds. The van der Waals surface area contributed by atoms with Gasteiger partial charge in [-0.2, -0.15) is 0 Å². The third-order valence-corrected chi connectivity index (χ3v) is 5.57. The molecule has 0 aromatic carbocycles. The van der Waals surface area contributed by atoms with Gasteiger partial charge in [0.15, 0.2) is 0 Å². The minimum Gasteiger partial charge on any atom is -0.466 e. The summed E-state index contributed by atoms with van der Waals surface area (Å²) in [6.07, 6.45) is 8.49. The Bertz CT molecular complexity index is 343. The molecule has 1 N–H and O–H groups in total. The molecule has 2 rings (SSSR count). The molecule has 2 fully saturated rings. The molecule has 0 heterocycles. The molecule has 2 aliphatic carbocycles. The maximum atomic E-state index is 11.9. The van der Waals surface area contributed by atoms with Gasteiger partial charge in [-0.1, -0.05) is 20.8 Å². The molecule has 2 saturated carbocycles. The van der Waals surface area contributed by atoms with Crippen LogP contribution in [0.15, 0.2) is 0 Å². The number of hydrogen-bond donors (Lipinski definition) is 1. The predicted molar refractivity (Wildman–Crippen MR) is 86.1 cm³/mol. The highest BCUT2D eigenvalue weighted by atomic mass is 16.5. The van der Waals surface area contributed by atoms with Crippen LogP contribution in [0, 0.1) is 17.3 Å². The highest BCUT2D eigenvalue weighted by molar-refractivity contribution is 5.72. The van der Waals surface area contributed by atoms with Crippen LogP contribution in [0.3, 0.4) is 0 Å². The second kappa shape index (κ2) is 7.13. The van der Waals surface area contributed by atoms with E-state index < -0.39 is 0 Å². The first-order valence-corrected chi connectivity index (χ1v) is 8.84.